The molecule has 0 amide bonds. The number of carbonyl (C=O) groups excluding carboxylic acids is 1. The molecule has 156 valence electrons. The van der Waals surface area contributed by atoms with E-state index in [0.717, 1.165) is 6.07 Å². The third kappa shape index (κ3) is 4.22. The molecule has 4 aromatic rings. The third-order valence-electron chi connectivity index (χ3n) is 4.38. The Morgan fingerprint density at radius 1 is 1.00 bits per heavy atom. The topological polar surface area (TPSA) is 69.4 Å². The Labute approximate surface area is 181 Å². The van der Waals surface area contributed by atoms with Crippen LogP contribution in [0, 0.1) is 0 Å². The molecular formula is C22H11BrF3NO4. The van der Waals surface area contributed by atoms with Crippen molar-refractivity contribution < 1.29 is 27.1 Å². The van der Waals surface area contributed by atoms with Crippen molar-refractivity contribution in [2.75, 3.05) is 0 Å². The normalized spacial score (nSPS) is 11.5. The number of rotatable bonds is 3. The van der Waals surface area contributed by atoms with Gasteiger partial charge in [-0.05, 0) is 42.0 Å². The molecule has 4 rings (SSSR count). The van der Waals surface area contributed by atoms with E-state index in [4.69, 9.17) is 9.15 Å². The van der Waals surface area contributed by atoms with Gasteiger partial charge in [-0.2, -0.15) is 13.2 Å². The number of aromatic nitrogens is 1. The number of carbonyl (C=O) groups is 1. The van der Waals surface area contributed by atoms with Crippen molar-refractivity contribution in [1.29, 1.82) is 0 Å². The van der Waals surface area contributed by atoms with Crippen molar-refractivity contribution in [3.63, 3.8) is 0 Å². The summed E-state index contributed by atoms with van der Waals surface area (Å²) in [5.41, 5.74) is -1.51. The largest absolute Gasteiger partial charge is 0.450 e. The molecule has 0 atom stereocenters. The molecule has 0 aliphatic heterocycles. The van der Waals surface area contributed by atoms with Crippen LogP contribution in [0.25, 0.3) is 22.1 Å². The summed E-state index contributed by atoms with van der Waals surface area (Å²) < 4.78 is 52.1. The maximum absolute atomic E-state index is 13.7. The summed E-state index contributed by atoms with van der Waals surface area (Å²) in [7, 11) is 0. The first-order chi connectivity index (χ1) is 14.7. The van der Waals surface area contributed by atoms with Crippen LogP contribution < -0.4 is 10.2 Å². The average Bonchev–Trinajstić information content (AvgIpc) is 2.74. The summed E-state index contributed by atoms with van der Waals surface area (Å²) in [6.45, 7) is 0. The number of esters is 1. The number of fused-ring (bicyclic) bond motifs is 1. The van der Waals surface area contributed by atoms with Crippen LogP contribution in [-0.2, 0) is 6.18 Å². The maximum atomic E-state index is 13.7. The van der Waals surface area contributed by atoms with Gasteiger partial charge < -0.3 is 9.15 Å². The monoisotopic (exact) mass is 489 g/mol. The maximum Gasteiger partial charge on any atom is 0.450 e. The number of halogens is 4. The number of ether oxygens (including phenoxy) is 1. The Morgan fingerprint density at radius 3 is 2.32 bits per heavy atom. The lowest BCUT2D eigenvalue weighted by molar-refractivity contribution is -0.152. The Bertz CT molecular complexity index is 1330. The number of benzene rings is 2. The van der Waals surface area contributed by atoms with Crippen molar-refractivity contribution in [2.24, 2.45) is 0 Å². The second-order valence-corrected chi connectivity index (χ2v) is 7.34. The van der Waals surface area contributed by atoms with Gasteiger partial charge in [-0.25, -0.2) is 4.79 Å². The van der Waals surface area contributed by atoms with Gasteiger partial charge in [0.25, 0.3) is 0 Å². The molecule has 2 heterocycles. The lowest BCUT2D eigenvalue weighted by atomic mass is 10.0. The number of nitrogens with zero attached hydrogens (tertiary/aromatic N) is 1. The Morgan fingerprint density at radius 2 is 1.68 bits per heavy atom. The summed E-state index contributed by atoms with van der Waals surface area (Å²) >= 11 is 3.21. The molecule has 0 aliphatic rings. The van der Waals surface area contributed by atoms with Gasteiger partial charge in [0.1, 0.15) is 11.3 Å². The van der Waals surface area contributed by atoms with Gasteiger partial charge in [-0.15, -0.1) is 0 Å². The summed E-state index contributed by atoms with van der Waals surface area (Å²) in [5.74, 6) is -2.22. The zero-order chi connectivity index (χ0) is 22.2. The van der Waals surface area contributed by atoms with E-state index in [1.807, 2.05) is 0 Å². The van der Waals surface area contributed by atoms with E-state index in [1.165, 1.54) is 60.9 Å². The van der Waals surface area contributed by atoms with E-state index in [2.05, 4.69) is 20.9 Å². The lowest BCUT2D eigenvalue weighted by Crippen LogP contribution is -2.16. The van der Waals surface area contributed by atoms with Gasteiger partial charge in [0.2, 0.25) is 11.2 Å². The highest BCUT2D eigenvalue weighted by Crippen LogP contribution is 2.38. The van der Waals surface area contributed by atoms with Crippen LogP contribution in [0.15, 0.2) is 80.7 Å². The van der Waals surface area contributed by atoms with Gasteiger partial charge in [0.05, 0.1) is 16.5 Å². The van der Waals surface area contributed by atoms with E-state index in [9.17, 15) is 22.8 Å². The van der Waals surface area contributed by atoms with Gasteiger partial charge in [0, 0.05) is 22.9 Å². The van der Waals surface area contributed by atoms with Crippen molar-refractivity contribution in [2.45, 2.75) is 6.18 Å². The average molecular weight is 490 g/mol. The van der Waals surface area contributed by atoms with Crippen molar-refractivity contribution in [3.8, 4) is 16.9 Å². The van der Waals surface area contributed by atoms with Gasteiger partial charge in [0.15, 0.2) is 0 Å². The van der Waals surface area contributed by atoms with Crippen LogP contribution in [0.3, 0.4) is 0 Å². The molecular weight excluding hydrogens is 479 g/mol. The Balaban J connectivity index is 1.84. The molecule has 2 aromatic heterocycles. The molecule has 0 bridgehead atoms. The van der Waals surface area contributed by atoms with Gasteiger partial charge in [-0.3, -0.25) is 9.78 Å². The van der Waals surface area contributed by atoms with Crippen LogP contribution in [0.4, 0.5) is 13.2 Å². The number of alkyl halides is 3. The first kappa shape index (κ1) is 20.8. The second kappa shape index (κ2) is 7.99. The van der Waals surface area contributed by atoms with Crippen LogP contribution in [0.5, 0.6) is 5.75 Å². The fourth-order valence-electron chi connectivity index (χ4n) is 2.97. The minimum atomic E-state index is -4.92. The van der Waals surface area contributed by atoms with Crippen molar-refractivity contribution in [1.82, 2.24) is 4.98 Å². The molecule has 0 fully saturated rings. The first-order valence-corrected chi connectivity index (χ1v) is 9.59. The number of hydrogen-bond donors (Lipinski definition) is 0. The molecule has 0 saturated heterocycles. The molecule has 2 aromatic carbocycles. The lowest BCUT2D eigenvalue weighted by Gasteiger charge is -2.13. The van der Waals surface area contributed by atoms with Crippen molar-refractivity contribution in [3.05, 3.63) is 93.0 Å². The second-order valence-electron chi connectivity index (χ2n) is 6.42. The van der Waals surface area contributed by atoms with Gasteiger partial charge >= 0.3 is 12.1 Å². The van der Waals surface area contributed by atoms with Crippen LogP contribution in [0.1, 0.15) is 16.1 Å². The van der Waals surface area contributed by atoms with Crippen molar-refractivity contribution >= 4 is 32.9 Å². The molecule has 0 radical (unpaired) electrons. The minimum absolute atomic E-state index is 0.0676. The predicted molar refractivity (Wildman–Crippen MR) is 110 cm³/mol. The van der Waals surface area contributed by atoms with Gasteiger partial charge in [-0.1, -0.05) is 28.1 Å². The molecule has 0 aliphatic carbocycles. The van der Waals surface area contributed by atoms with Crippen LogP contribution in [0.2, 0.25) is 0 Å². The molecule has 9 heteroatoms. The molecule has 0 N–H and O–H groups in total. The standard InChI is InChI=1S/C22H11BrF3NO4/c23-14-3-1-12(2-4-14)18-19(28)16-6-5-15(11-17(16)31-20(18)22(24,25)26)30-21(29)13-7-9-27-10-8-13/h1-11H. The van der Waals surface area contributed by atoms with E-state index in [1.54, 1.807) is 0 Å². The van der Waals surface area contributed by atoms with E-state index >= 15 is 0 Å². The summed E-state index contributed by atoms with van der Waals surface area (Å²) in [6, 6.07) is 12.4. The molecule has 0 saturated carbocycles. The number of hydrogen-bond acceptors (Lipinski definition) is 5. The fraction of sp³-hybridized carbons (Fsp3) is 0.0455. The summed E-state index contributed by atoms with van der Waals surface area (Å²) in [4.78, 5) is 28.9. The van der Waals surface area contributed by atoms with Crippen LogP contribution in [-0.4, -0.2) is 11.0 Å². The highest BCUT2D eigenvalue weighted by Gasteiger charge is 2.39. The SMILES string of the molecule is O=C(Oc1ccc2c(=O)c(-c3ccc(Br)cc3)c(C(F)(F)F)oc2c1)c1ccncc1. The molecule has 0 spiro atoms. The summed E-state index contributed by atoms with van der Waals surface area (Å²) in [5, 5.41) is -0.0744. The smallest absolute Gasteiger partial charge is 0.450 e. The summed E-state index contributed by atoms with van der Waals surface area (Å²) in [6.07, 6.45) is -2.12. The third-order valence-corrected chi connectivity index (χ3v) is 4.91. The predicted octanol–water partition coefficient (Wildman–Crippen LogP) is 5.86. The molecule has 31 heavy (non-hydrogen) atoms. The van der Waals surface area contributed by atoms with E-state index in [0.29, 0.717) is 4.47 Å². The first-order valence-electron chi connectivity index (χ1n) is 8.80. The zero-order valence-electron chi connectivity index (χ0n) is 15.4. The highest BCUT2D eigenvalue weighted by molar-refractivity contribution is 9.10. The zero-order valence-corrected chi connectivity index (χ0v) is 17.0. The Hall–Kier alpha value is -3.46. The quantitative estimate of drug-likeness (QED) is 0.266. The highest BCUT2D eigenvalue weighted by atomic mass is 79.9. The van der Waals surface area contributed by atoms with E-state index < -0.39 is 28.9 Å². The fourth-order valence-corrected chi connectivity index (χ4v) is 3.23. The van der Waals surface area contributed by atoms with Crippen LogP contribution >= 0.6 is 15.9 Å². The molecule has 0 unspecified atom stereocenters. The molecule has 5 nitrogen and oxygen atoms in total. The number of pyridine rings is 1. The Kier molecular flexibility index (Phi) is 5.36. The minimum Gasteiger partial charge on any atom is -0.450 e. The van der Waals surface area contributed by atoms with E-state index in [-0.39, 0.29) is 27.8 Å².